The summed E-state index contributed by atoms with van der Waals surface area (Å²) < 4.78 is 5.28. The summed E-state index contributed by atoms with van der Waals surface area (Å²) in [6.45, 7) is 1.73. The number of nitrogens with one attached hydrogen (secondary N) is 1. The van der Waals surface area contributed by atoms with Crippen molar-refractivity contribution in [1.29, 1.82) is 0 Å². The predicted octanol–water partition coefficient (Wildman–Crippen LogP) is 4.06. The molecule has 0 unspecified atom stereocenters. The zero-order valence-electron chi connectivity index (χ0n) is 14.4. The molecule has 2 aromatic rings. The molecule has 2 rings (SSSR count). The summed E-state index contributed by atoms with van der Waals surface area (Å²) in [7, 11) is 0. The number of rotatable bonds is 8. The van der Waals surface area contributed by atoms with Gasteiger partial charge in [-0.05, 0) is 37.0 Å². The Morgan fingerprint density at radius 3 is 2.20 bits per heavy atom. The maximum absolute atomic E-state index is 12.1. The van der Waals surface area contributed by atoms with E-state index in [2.05, 4.69) is 5.32 Å². The Morgan fingerprint density at radius 2 is 1.60 bits per heavy atom. The molecule has 0 spiro atoms. The Labute approximate surface area is 148 Å². The maximum Gasteiger partial charge on any atom is 0.407 e. The lowest BCUT2D eigenvalue weighted by Crippen LogP contribution is -2.36. The summed E-state index contributed by atoms with van der Waals surface area (Å²) in [5, 5.41) is 2.89. The van der Waals surface area contributed by atoms with Gasteiger partial charge in [0, 0.05) is 6.04 Å². The molecule has 0 saturated carbocycles. The summed E-state index contributed by atoms with van der Waals surface area (Å²) in [4.78, 5) is 23.2. The van der Waals surface area contributed by atoms with Crippen molar-refractivity contribution >= 4 is 11.9 Å². The van der Waals surface area contributed by atoms with E-state index in [1.54, 1.807) is 6.08 Å². The average molecular weight is 337 g/mol. The van der Waals surface area contributed by atoms with E-state index in [1.165, 1.54) is 13.0 Å². The van der Waals surface area contributed by atoms with Crippen LogP contribution in [0.3, 0.4) is 0 Å². The number of ketones is 1. The van der Waals surface area contributed by atoms with Crippen molar-refractivity contribution in [3.05, 3.63) is 83.9 Å². The molecule has 0 aliphatic heterocycles. The molecule has 0 radical (unpaired) electrons. The molecule has 0 bridgehead atoms. The van der Waals surface area contributed by atoms with Gasteiger partial charge in [-0.25, -0.2) is 4.79 Å². The molecular formula is C21H23NO3. The van der Waals surface area contributed by atoms with Gasteiger partial charge in [-0.2, -0.15) is 0 Å². The highest BCUT2D eigenvalue weighted by Gasteiger charge is 2.13. The van der Waals surface area contributed by atoms with Crippen LogP contribution < -0.4 is 5.32 Å². The van der Waals surface area contributed by atoms with Crippen LogP contribution in [0.2, 0.25) is 0 Å². The van der Waals surface area contributed by atoms with E-state index in [0.29, 0.717) is 12.8 Å². The van der Waals surface area contributed by atoms with Crippen molar-refractivity contribution < 1.29 is 14.3 Å². The van der Waals surface area contributed by atoms with Crippen LogP contribution >= 0.6 is 0 Å². The number of carbonyl (C=O) groups is 2. The van der Waals surface area contributed by atoms with E-state index >= 15 is 0 Å². The summed E-state index contributed by atoms with van der Waals surface area (Å²) >= 11 is 0. The Kier molecular flexibility index (Phi) is 7.44. The fraction of sp³-hybridized carbons (Fsp3) is 0.238. The Hall–Kier alpha value is -2.88. The Bertz CT molecular complexity index is 696. The molecule has 0 aliphatic rings. The molecule has 4 heteroatoms. The van der Waals surface area contributed by atoms with Crippen LogP contribution in [0.1, 0.15) is 24.5 Å². The topological polar surface area (TPSA) is 55.4 Å². The lowest BCUT2D eigenvalue weighted by molar-refractivity contribution is -0.112. The molecule has 1 amide bonds. The molecule has 0 heterocycles. The van der Waals surface area contributed by atoms with Crippen molar-refractivity contribution in [2.75, 3.05) is 0 Å². The van der Waals surface area contributed by atoms with Crippen molar-refractivity contribution in [3.63, 3.8) is 0 Å². The van der Waals surface area contributed by atoms with Gasteiger partial charge in [0.2, 0.25) is 0 Å². The molecule has 25 heavy (non-hydrogen) atoms. The molecule has 0 saturated heterocycles. The minimum atomic E-state index is -0.457. The molecule has 2 aromatic carbocycles. The first-order chi connectivity index (χ1) is 12.1. The van der Waals surface area contributed by atoms with Crippen LogP contribution in [0.25, 0.3) is 0 Å². The van der Waals surface area contributed by atoms with Gasteiger partial charge in [-0.1, -0.05) is 66.7 Å². The van der Waals surface area contributed by atoms with Crippen molar-refractivity contribution in [1.82, 2.24) is 5.32 Å². The normalized spacial score (nSPS) is 11.9. The van der Waals surface area contributed by atoms with Crippen LogP contribution in [0.5, 0.6) is 0 Å². The van der Waals surface area contributed by atoms with Crippen molar-refractivity contribution in [3.8, 4) is 0 Å². The second-order valence-electron chi connectivity index (χ2n) is 5.84. The zero-order valence-corrected chi connectivity index (χ0v) is 14.4. The maximum atomic E-state index is 12.1. The number of hydrogen-bond acceptors (Lipinski definition) is 3. The summed E-state index contributed by atoms with van der Waals surface area (Å²) in [5.74, 6) is -0.00915. The lowest BCUT2D eigenvalue weighted by Gasteiger charge is -2.17. The van der Waals surface area contributed by atoms with Gasteiger partial charge in [0.15, 0.2) is 5.78 Å². The van der Waals surface area contributed by atoms with Gasteiger partial charge in [-0.3, -0.25) is 4.79 Å². The summed E-state index contributed by atoms with van der Waals surface area (Å²) in [6, 6.07) is 19.3. The van der Waals surface area contributed by atoms with Crippen molar-refractivity contribution in [2.24, 2.45) is 0 Å². The van der Waals surface area contributed by atoms with E-state index in [0.717, 1.165) is 11.1 Å². The molecule has 1 atom stereocenters. The Morgan fingerprint density at radius 1 is 1.00 bits per heavy atom. The molecule has 0 aromatic heterocycles. The minimum absolute atomic E-state index is 0.00915. The minimum Gasteiger partial charge on any atom is -0.445 e. The first-order valence-corrected chi connectivity index (χ1v) is 8.31. The molecule has 1 N–H and O–H groups in total. The zero-order chi connectivity index (χ0) is 17.9. The van der Waals surface area contributed by atoms with E-state index < -0.39 is 6.09 Å². The second-order valence-corrected chi connectivity index (χ2v) is 5.84. The quantitative estimate of drug-likeness (QED) is 0.739. The molecule has 0 aliphatic carbocycles. The number of amides is 1. The van der Waals surface area contributed by atoms with Gasteiger partial charge in [-0.15, -0.1) is 0 Å². The van der Waals surface area contributed by atoms with Crippen molar-refractivity contribution in [2.45, 2.75) is 32.4 Å². The smallest absolute Gasteiger partial charge is 0.407 e. The Balaban J connectivity index is 1.91. The van der Waals surface area contributed by atoms with E-state index in [1.807, 2.05) is 60.7 Å². The summed E-state index contributed by atoms with van der Waals surface area (Å²) in [6.07, 6.45) is 4.09. The van der Waals surface area contributed by atoms with Crippen LogP contribution in [0.15, 0.2) is 72.8 Å². The van der Waals surface area contributed by atoms with Crippen LogP contribution in [-0.2, 0) is 22.6 Å². The molecule has 130 valence electrons. The van der Waals surface area contributed by atoms with Gasteiger partial charge in [0.25, 0.3) is 0 Å². The number of hydrogen-bond donors (Lipinski definition) is 1. The number of benzene rings is 2. The number of carbonyl (C=O) groups excluding carboxylic acids is 2. The number of ether oxygens (including phenoxy) is 1. The van der Waals surface area contributed by atoms with Gasteiger partial charge < -0.3 is 10.1 Å². The third-order valence-corrected chi connectivity index (χ3v) is 3.63. The third kappa shape index (κ3) is 7.48. The van der Waals surface area contributed by atoms with Gasteiger partial charge >= 0.3 is 6.09 Å². The number of allylic oxidation sites excluding steroid dienone is 1. The third-order valence-electron chi connectivity index (χ3n) is 3.63. The molecule has 4 nitrogen and oxygen atoms in total. The fourth-order valence-corrected chi connectivity index (χ4v) is 2.42. The largest absolute Gasteiger partial charge is 0.445 e. The molecular weight excluding hydrogens is 314 g/mol. The highest BCUT2D eigenvalue weighted by Crippen LogP contribution is 2.08. The van der Waals surface area contributed by atoms with Crippen LogP contribution in [0.4, 0.5) is 4.79 Å². The number of alkyl carbamates (subject to hydrolysis) is 1. The van der Waals surface area contributed by atoms with E-state index in [9.17, 15) is 9.59 Å². The van der Waals surface area contributed by atoms with E-state index in [-0.39, 0.29) is 18.4 Å². The SMILES string of the molecule is CC(=O)/C=C\C[C@H](Cc1ccccc1)NC(=O)OCc1ccccc1. The second kappa shape index (κ2) is 10.1. The predicted molar refractivity (Wildman–Crippen MR) is 98.1 cm³/mol. The lowest BCUT2D eigenvalue weighted by atomic mass is 10.0. The monoisotopic (exact) mass is 337 g/mol. The van der Waals surface area contributed by atoms with Crippen LogP contribution in [-0.4, -0.2) is 17.9 Å². The standard InChI is InChI=1S/C21H23NO3/c1-17(23)9-8-14-20(15-18-10-4-2-5-11-18)22-21(24)25-16-19-12-6-3-7-13-19/h2-13,20H,14-16H2,1H3,(H,22,24)/b9-8-/t20-/m1/s1. The highest BCUT2D eigenvalue weighted by molar-refractivity contribution is 5.87. The van der Waals surface area contributed by atoms with Gasteiger partial charge in [0.1, 0.15) is 6.61 Å². The van der Waals surface area contributed by atoms with Crippen LogP contribution in [0, 0.1) is 0 Å². The fourth-order valence-electron chi connectivity index (χ4n) is 2.42. The summed E-state index contributed by atoms with van der Waals surface area (Å²) in [5.41, 5.74) is 2.06. The average Bonchev–Trinajstić information content (AvgIpc) is 2.61. The van der Waals surface area contributed by atoms with E-state index in [4.69, 9.17) is 4.74 Å². The molecule has 0 fully saturated rings. The first kappa shape index (κ1) is 18.5. The highest BCUT2D eigenvalue weighted by atomic mass is 16.5. The first-order valence-electron chi connectivity index (χ1n) is 8.31. The van der Waals surface area contributed by atoms with Gasteiger partial charge in [0.05, 0.1) is 0 Å².